The molecule has 1 aliphatic heterocycles. The normalized spacial score (nSPS) is 30.8. The van der Waals surface area contributed by atoms with Crippen LogP contribution in [0.4, 0.5) is 16.8 Å². The van der Waals surface area contributed by atoms with Crippen LogP contribution in [0.15, 0.2) is 9.03 Å². The topological polar surface area (TPSA) is 36.8 Å². The summed E-state index contributed by atoms with van der Waals surface area (Å²) in [6, 6.07) is 0. The van der Waals surface area contributed by atoms with Crippen LogP contribution in [0, 0.1) is 0 Å². The van der Waals surface area contributed by atoms with E-state index in [-0.39, 0.29) is 0 Å². The highest BCUT2D eigenvalue weighted by atomic mass is 31.3. The van der Waals surface area contributed by atoms with Gasteiger partial charge in [-0.05, 0) is 0 Å². The fourth-order valence-corrected chi connectivity index (χ4v) is 4.05. The quantitative estimate of drug-likeness (QED) is 0.481. The summed E-state index contributed by atoms with van der Waals surface area (Å²) in [5.74, 6) is 0. The molecule has 0 saturated carbocycles. The molecular formula is H2F4N3P3. The van der Waals surface area contributed by atoms with E-state index < -0.39 is 24.5 Å². The summed E-state index contributed by atoms with van der Waals surface area (Å²) in [6.45, 7) is 0. The zero-order valence-corrected chi connectivity index (χ0v) is 7.09. The Morgan fingerprint density at radius 2 is 1.80 bits per heavy atom. The first kappa shape index (κ1) is 8.66. The molecule has 0 bridgehead atoms. The zero-order valence-electron chi connectivity index (χ0n) is 4.30. The number of nitrogens with one attached hydrogen (secondary N) is 1. The molecular weight excluding hydrogens is 211 g/mol. The molecule has 0 aromatic heterocycles. The van der Waals surface area contributed by atoms with Gasteiger partial charge in [0.15, 0.2) is 0 Å². The van der Waals surface area contributed by atoms with Crippen molar-refractivity contribution in [3.05, 3.63) is 0 Å². The summed E-state index contributed by atoms with van der Waals surface area (Å²) < 4.78 is 52.7. The summed E-state index contributed by atoms with van der Waals surface area (Å²) in [5, 5.41) is 0. The first-order valence-electron chi connectivity index (χ1n) is 1.97. The van der Waals surface area contributed by atoms with Crippen LogP contribution in [0.5, 0.6) is 0 Å². The lowest BCUT2D eigenvalue weighted by atomic mass is 13.8. The molecule has 0 aliphatic carbocycles. The van der Waals surface area contributed by atoms with Crippen molar-refractivity contribution in [1.82, 2.24) is 4.86 Å². The van der Waals surface area contributed by atoms with E-state index in [1.54, 1.807) is 0 Å². The molecule has 0 aromatic carbocycles. The largest absolute Gasteiger partial charge is 0.420 e. The molecule has 0 amide bonds. The van der Waals surface area contributed by atoms with Gasteiger partial charge in [-0.2, -0.15) is 17.8 Å². The molecule has 1 aliphatic rings. The minimum absolute atomic E-state index is 0.916. The Morgan fingerprint density at radius 1 is 1.20 bits per heavy atom. The van der Waals surface area contributed by atoms with Gasteiger partial charge in [-0.3, -0.25) is 0 Å². The molecule has 1 atom stereocenters. The highest BCUT2D eigenvalue weighted by molar-refractivity contribution is 7.74. The van der Waals surface area contributed by atoms with E-state index in [1.807, 2.05) is 4.52 Å². The van der Waals surface area contributed by atoms with E-state index in [9.17, 15) is 16.8 Å². The molecule has 60 valence electrons. The van der Waals surface area contributed by atoms with Gasteiger partial charge in [0.25, 0.3) is 0 Å². The standard InChI is InChI=1S/F4H2N3P3/c1-9(2)5-8-6-10(3,4)7-9/h5,8H. The zero-order chi connectivity index (χ0) is 7.83. The van der Waals surface area contributed by atoms with Crippen LogP contribution >= 0.6 is 24.5 Å². The Bertz CT molecular complexity index is 232. The number of halogens is 4. The molecule has 0 aromatic rings. The van der Waals surface area contributed by atoms with Gasteiger partial charge in [0.2, 0.25) is 0 Å². The minimum Gasteiger partial charge on any atom is -0.193 e. The second-order valence-corrected chi connectivity index (χ2v) is 5.87. The van der Waals surface area contributed by atoms with Crippen LogP contribution in [-0.2, 0) is 0 Å². The average molecular weight is 213 g/mol. The third-order valence-electron chi connectivity index (χ3n) is 0.575. The molecule has 3 nitrogen and oxygen atoms in total. The predicted octanol–water partition coefficient (Wildman–Crippen LogP) is 3.87. The van der Waals surface area contributed by atoms with E-state index in [0.29, 0.717) is 0 Å². The van der Waals surface area contributed by atoms with Crippen molar-refractivity contribution >= 4 is 24.5 Å². The lowest BCUT2D eigenvalue weighted by molar-refractivity contribution is 0.694. The lowest BCUT2D eigenvalue weighted by Gasteiger charge is -2.10. The van der Waals surface area contributed by atoms with Gasteiger partial charge < -0.3 is 0 Å². The highest BCUT2D eigenvalue weighted by Gasteiger charge is 2.30. The van der Waals surface area contributed by atoms with Gasteiger partial charge in [0.1, 0.15) is 0 Å². The fourth-order valence-electron chi connectivity index (χ4n) is 0.320. The summed E-state index contributed by atoms with van der Waals surface area (Å²) in [7, 11) is -10.7. The van der Waals surface area contributed by atoms with Crippen molar-refractivity contribution in [2.45, 2.75) is 0 Å². The van der Waals surface area contributed by atoms with Crippen molar-refractivity contribution in [1.29, 1.82) is 0 Å². The Balaban J connectivity index is 3.04. The average Bonchev–Trinajstić information content (AvgIpc) is 1.56. The first-order chi connectivity index (χ1) is 4.41. The Kier molecular flexibility index (Phi) is 2.22. The van der Waals surface area contributed by atoms with Crippen LogP contribution in [0.25, 0.3) is 0 Å². The molecule has 1 rings (SSSR count). The summed E-state index contributed by atoms with van der Waals surface area (Å²) in [5.41, 5.74) is 0. The minimum atomic E-state index is -4.96. The number of nitrogens with zero attached hydrogens (tertiary/aromatic N) is 2. The maximum Gasteiger partial charge on any atom is 0.420 e. The van der Waals surface area contributed by atoms with Crippen LogP contribution in [0.1, 0.15) is 0 Å². The fraction of sp³-hybridized carbons (Fsp3) is 0. The van der Waals surface area contributed by atoms with Crippen molar-refractivity contribution in [3.63, 3.8) is 0 Å². The van der Waals surface area contributed by atoms with Gasteiger partial charge in [-0.15, -0.1) is 12.9 Å². The summed E-state index contributed by atoms with van der Waals surface area (Å²) in [6.07, 6.45) is 0. The Labute approximate surface area is 56.2 Å². The third-order valence-corrected chi connectivity index (χ3v) is 5.17. The maximum atomic E-state index is 12.0. The Hall–Kier alpha value is 0.570. The number of rotatable bonds is 0. The molecule has 0 saturated heterocycles. The van der Waals surface area contributed by atoms with Gasteiger partial charge in [0, 0.05) is 0 Å². The lowest BCUT2D eigenvalue weighted by Crippen LogP contribution is -1.88. The molecule has 0 radical (unpaired) electrons. The van der Waals surface area contributed by atoms with Crippen LogP contribution < -0.4 is 4.86 Å². The first-order valence-corrected chi connectivity index (χ1v) is 5.92. The summed E-state index contributed by atoms with van der Waals surface area (Å²) in [4.78, 5) is 1.53. The smallest absolute Gasteiger partial charge is 0.193 e. The monoisotopic (exact) mass is 213 g/mol. The molecule has 0 fully saturated rings. The molecule has 10 heavy (non-hydrogen) atoms. The molecule has 0 spiro atoms. The molecule has 1 heterocycles. The Morgan fingerprint density at radius 3 is 2.10 bits per heavy atom. The number of hydrogen-bond donors (Lipinski definition) is 1. The van der Waals surface area contributed by atoms with E-state index in [0.717, 1.165) is 0 Å². The molecule has 10 heteroatoms. The SMILES string of the molecule is FP1(F)=NPNP(F)(F)=N1. The van der Waals surface area contributed by atoms with Crippen molar-refractivity contribution in [2.75, 3.05) is 0 Å². The van der Waals surface area contributed by atoms with E-state index in [1.165, 1.54) is 4.86 Å². The van der Waals surface area contributed by atoms with Gasteiger partial charge >= 0.3 is 15.7 Å². The van der Waals surface area contributed by atoms with Crippen molar-refractivity contribution in [2.24, 2.45) is 9.03 Å². The highest BCUT2D eigenvalue weighted by Crippen LogP contribution is 2.71. The second-order valence-electron chi connectivity index (χ2n) is 1.35. The predicted molar refractivity (Wildman–Crippen MR) is 34.6 cm³/mol. The second kappa shape index (κ2) is 2.56. The summed E-state index contributed by atoms with van der Waals surface area (Å²) >= 11 is 0. The van der Waals surface area contributed by atoms with Gasteiger partial charge in [0.05, 0.1) is 8.88 Å². The van der Waals surface area contributed by atoms with Crippen LogP contribution in [0.2, 0.25) is 0 Å². The van der Waals surface area contributed by atoms with Crippen molar-refractivity contribution in [3.8, 4) is 0 Å². The van der Waals surface area contributed by atoms with Crippen molar-refractivity contribution < 1.29 is 16.8 Å². The number of hydrogen-bond acceptors (Lipinski definition) is 3. The van der Waals surface area contributed by atoms with E-state index in [2.05, 4.69) is 4.52 Å². The molecule has 1 unspecified atom stereocenters. The van der Waals surface area contributed by atoms with Crippen LogP contribution in [0.3, 0.4) is 0 Å². The van der Waals surface area contributed by atoms with E-state index in [4.69, 9.17) is 0 Å². The molecule has 1 N–H and O–H groups in total. The third kappa shape index (κ3) is 2.31. The van der Waals surface area contributed by atoms with Crippen LogP contribution in [-0.4, -0.2) is 0 Å². The van der Waals surface area contributed by atoms with Gasteiger partial charge in [-0.25, -0.2) is 0 Å². The maximum absolute atomic E-state index is 12.0. The van der Waals surface area contributed by atoms with E-state index >= 15 is 0 Å². The van der Waals surface area contributed by atoms with Gasteiger partial charge in [-0.1, -0.05) is 0 Å².